The Bertz CT molecular complexity index is 345. The third-order valence-corrected chi connectivity index (χ3v) is 3.02. The Hall–Kier alpha value is -1.10. The number of sulfonamides is 1. The van der Waals surface area contributed by atoms with E-state index in [1.54, 1.807) is 0 Å². The van der Waals surface area contributed by atoms with Crippen molar-refractivity contribution in [2.45, 2.75) is 12.5 Å². The molecule has 1 unspecified atom stereocenters. The summed E-state index contributed by atoms with van der Waals surface area (Å²) in [5.41, 5.74) is 5.39. The number of hydrogen-bond donors (Lipinski definition) is 3. The highest BCUT2D eigenvalue weighted by atomic mass is 32.2. The first kappa shape index (κ1) is 13.9. The summed E-state index contributed by atoms with van der Waals surface area (Å²) in [7, 11) is -1.99. The Balaban J connectivity index is 3.89. The molecule has 0 fully saturated rings. The SMILES string of the molecule is C#CCC(N)C(=O)NCCS(=O)(=O)NC. The standard InChI is InChI=1S/C8H15N3O3S/c1-3-4-7(9)8(12)11-5-6-15(13,14)10-2/h1,7,10H,4-6,9H2,2H3,(H,11,12). The van der Waals surface area contributed by atoms with Crippen molar-refractivity contribution in [3.8, 4) is 12.3 Å². The van der Waals surface area contributed by atoms with E-state index in [1.165, 1.54) is 7.05 Å². The van der Waals surface area contributed by atoms with E-state index in [2.05, 4.69) is 16.0 Å². The zero-order valence-electron chi connectivity index (χ0n) is 8.49. The summed E-state index contributed by atoms with van der Waals surface area (Å²) in [5.74, 6) is 1.62. The lowest BCUT2D eigenvalue weighted by molar-refractivity contribution is -0.122. The molecule has 0 saturated heterocycles. The number of terminal acetylenes is 1. The molecule has 0 rings (SSSR count). The fraction of sp³-hybridized carbons (Fsp3) is 0.625. The largest absolute Gasteiger partial charge is 0.354 e. The summed E-state index contributed by atoms with van der Waals surface area (Å²) < 4.78 is 24.0. The summed E-state index contributed by atoms with van der Waals surface area (Å²) >= 11 is 0. The van der Waals surface area contributed by atoms with Gasteiger partial charge >= 0.3 is 0 Å². The van der Waals surface area contributed by atoms with Crippen LogP contribution < -0.4 is 15.8 Å². The van der Waals surface area contributed by atoms with Gasteiger partial charge in [0.05, 0.1) is 11.8 Å². The highest BCUT2D eigenvalue weighted by Crippen LogP contribution is 1.86. The molecule has 1 atom stereocenters. The predicted molar refractivity (Wildman–Crippen MR) is 57.3 cm³/mol. The number of rotatable bonds is 6. The van der Waals surface area contributed by atoms with Crippen LogP contribution >= 0.6 is 0 Å². The molecule has 0 spiro atoms. The molecule has 0 saturated carbocycles. The summed E-state index contributed by atoms with van der Waals surface area (Å²) in [4.78, 5) is 11.2. The summed E-state index contributed by atoms with van der Waals surface area (Å²) in [6.07, 6.45) is 5.10. The molecule has 0 heterocycles. The lowest BCUT2D eigenvalue weighted by atomic mass is 10.2. The van der Waals surface area contributed by atoms with Crippen LogP contribution in [0.15, 0.2) is 0 Å². The maximum absolute atomic E-state index is 11.2. The van der Waals surface area contributed by atoms with E-state index in [1.807, 2.05) is 0 Å². The van der Waals surface area contributed by atoms with Crippen LogP contribution in [-0.4, -0.2) is 39.7 Å². The minimum Gasteiger partial charge on any atom is -0.354 e. The second-order valence-electron chi connectivity index (χ2n) is 2.83. The molecule has 0 aliphatic rings. The fourth-order valence-electron chi connectivity index (χ4n) is 0.761. The lowest BCUT2D eigenvalue weighted by Gasteiger charge is -2.09. The van der Waals surface area contributed by atoms with Crippen LogP contribution in [0.25, 0.3) is 0 Å². The Labute approximate surface area is 89.7 Å². The summed E-state index contributed by atoms with van der Waals surface area (Å²) in [5, 5.41) is 2.38. The van der Waals surface area contributed by atoms with Gasteiger partial charge in [-0.15, -0.1) is 12.3 Å². The van der Waals surface area contributed by atoms with Crippen molar-refractivity contribution < 1.29 is 13.2 Å². The van der Waals surface area contributed by atoms with Crippen LogP contribution in [-0.2, 0) is 14.8 Å². The van der Waals surface area contributed by atoms with E-state index in [-0.39, 0.29) is 18.7 Å². The number of nitrogens with two attached hydrogens (primary N) is 1. The van der Waals surface area contributed by atoms with Gasteiger partial charge in [0.25, 0.3) is 0 Å². The molecular weight excluding hydrogens is 218 g/mol. The quantitative estimate of drug-likeness (QED) is 0.462. The third-order valence-electron chi connectivity index (χ3n) is 1.66. The van der Waals surface area contributed by atoms with Gasteiger partial charge in [-0.05, 0) is 7.05 Å². The minimum atomic E-state index is -3.30. The summed E-state index contributed by atoms with van der Waals surface area (Å²) in [6.45, 7) is 0.0142. The van der Waals surface area contributed by atoms with Crippen molar-refractivity contribution in [1.82, 2.24) is 10.0 Å². The van der Waals surface area contributed by atoms with Crippen LogP contribution in [0.5, 0.6) is 0 Å². The van der Waals surface area contributed by atoms with E-state index in [4.69, 9.17) is 12.2 Å². The molecule has 0 aliphatic heterocycles. The average Bonchev–Trinajstić information content (AvgIpc) is 2.18. The Kier molecular flexibility index (Phi) is 5.93. The van der Waals surface area contributed by atoms with Gasteiger partial charge in [0.1, 0.15) is 0 Å². The van der Waals surface area contributed by atoms with E-state index in [9.17, 15) is 13.2 Å². The molecule has 6 nitrogen and oxygen atoms in total. The molecule has 1 amide bonds. The first-order valence-corrected chi connectivity index (χ1v) is 5.96. The van der Waals surface area contributed by atoms with Gasteiger partial charge < -0.3 is 11.1 Å². The second kappa shape index (κ2) is 6.40. The number of carbonyl (C=O) groups excluding carboxylic acids is 1. The van der Waals surface area contributed by atoms with Crippen molar-refractivity contribution in [2.75, 3.05) is 19.3 Å². The smallest absolute Gasteiger partial charge is 0.237 e. The van der Waals surface area contributed by atoms with Crippen molar-refractivity contribution in [3.05, 3.63) is 0 Å². The van der Waals surface area contributed by atoms with Crippen LogP contribution in [0.3, 0.4) is 0 Å². The average molecular weight is 233 g/mol. The number of carbonyl (C=O) groups is 1. The van der Waals surface area contributed by atoms with Crippen molar-refractivity contribution in [1.29, 1.82) is 0 Å². The number of nitrogens with one attached hydrogen (secondary N) is 2. The Morgan fingerprint density at radius 2 is 2.20 bits per heavy atom. The van der Waals surface area contributed by atoms with E-state index in [0.717, 1.165) is 0 Å². The second-order valence-corrected chi connectivity index (χ2v) is 4.87. The van der Waals surface area contributed by atoms with Gasteiger partial charge in [0, 0.05) is 13.0 Å². The fourth-order valence-corrected chi connectivity index (χ4v) is 1.34. The van der Waals surface area contributed by atoms with E-state index >= 15 is 0 Å². The first-order valence-electron chi connectivity index (χ1n) is 4.31. The van der Waals surface area contributed by atoms with Crippen LogP contribution in [0.1, 0.15) is 6.42 Å². The molecule has 0 bridgehead atoms. The van der Waals surface area contributed by atoms with E-state index in [0.29, 0.717) is 0 Å². The van der Waals surface area contributed by atoms with E-state index < -0.39 is 22.0 Å². The van der Waals surface area contributed by atoms with Gasteiger partial charge in [-0.3, -0.25) is 4.79 Å². The highest BCUT2D eigenvalue weighted by Gasteiger charge is 2.13. The maximum atomic E-state index is 11.2. The predicted octanol–water partition coefficient (Wildman–Crippen LogP) is -2.00. The van der Waals surface area contributed by atoms with Crippen LogP contribution in [0, 0.1) is 12.3 Å². The number of amides is 1. The maximum Gasteiger partial charge on any atom is 0.237 e. The molecule has 0 aromatic carbocycles. The molecule has 0 aromatic rings. The Morgan fingerprint density at radius 3 is 2.67 bits per heavy atom. The molecule has 7 heteroatoms. The van der Waals surface area contributed by atoms with Gasteiger partial charge in [-0.1, -0.05) is 0 Å². The van der Waals surface area contributed by atoms with Gasteiger partial charge in [0.15, 0.2) is 0 Å². The molecule has 0 aliphatic carbocycles. The zero-order valence-corrected chi connectivity index (χ0v) is 9.30. The molecule has 0 radical (unpaired) electrons. The minimum absolute atomic E-state index is 0.0142. The van der Waals surface area contributed by atoms with Crippen molar-refractivity contribution in [2.24, 2.45) is 5.73 Å². The molecule has 4 N–H and O–H groups in total. The molecule has 15 heavy (non-hydrogen) atoms. The topological polar surface area (TPSA) is 101 Å². The monoisotopic (exact) mass is 233 g/mol. The van der Waals surface area contributed by atoms with Crippen LogP contribution in [0.4, 0.5) is 0 Å². The molecule has 86 valence electrons. The van der Waals surface area contributed by atoms with Gasteiger partial charge in [0.2, 0.25) is 15.9 Å². The third kappa shape index (κ3) is 6.06. The Morgan fingerprint density at radius 1 is 1.60 bits per heavy atom. The zero-order chi connectivity index (χ0) is 11.9. The van der Waals surface area contributed by atoms with Crippen molar-refractivity contribution in [3.63, 3.8) is 0 Å². The normalized spacial score (nSPS) is 12.9. The first-order chi connectivity index (χ1) is 6.93. The summed E-state index contributed by atoms with van der Waals surface area (Å²) in [6, 6.07) is -0.785. The lowest BCUT2D eigenvalue weighted by Crippen LogP contribution is -2.42. The van der Waals surface area contributed by atoms with Crippen LogP contribution in [0.2, 0.25) is 0 Å². The van der Waals surface area contributed by atoms with Gasteiger partial charge in [-0.2, -0.15) is 0 Å². The highest BCUT2D eigenvalue weighted by molar-refractivity contribution is 7.89. The molecule has 0 aromatic heterocycles. The number of hydrogen-bond acceptors (Lipinski definition) is 4. The van der Waals surface area contributed by atoms with Gasteiger partial charge in [-0.25, -0.2) is 13.1 Å². The molecular formula is C8H15N3O3S. The van der Waals surface area contributed by atoms with Crippen molar-refractivity contribution >= 4 is 15.9 Å².